The first-order valence-corrected chi connectivity index (χ1v) is 8.25. The van der Waals surface area contributed by atoms with E-state index in [1.54, 1.807) is 12.1 Å². The third-order valence-corrected chi connectivity index (χ3v) is 3.47. The second-order valence-electron chi connectivity index (χ2n) is 4.61. The fourth-order valence-electron chi connectivity index (χ4n) is 1.59. The molecule has 0 unspecified atom stereocenters. The van der Waals surface area contributed by atoms with Crippen molar-refractivity contribution in [3.05, 3.63) is 54.6 Å². The molecule has 0 bridgehead atoms. The molecular formula is C15H18N4O4S. The van der Waals surface area contributed by atoms with E-state index in [-0.39, 0.29) is 10.8 Å². The third kappa shape index (κ3) is 7.38. The number of para-hydroxylation sites is 1. The molecule has 0 aliphatic carbocycles. The molecule has 0 aliphatic rings. The molecule has 24 heavy (non-hydrogen) atoms. The van der Waals surface area contributed by atoms with Gasteiger partial charge in [0.05, 0.1) is 4.90 Å². The molecule has 0 aromatic heterocycles. The fraction of sp³-hybridized carbons (Fsp3) is 0.0667. The molecule has 0 saturated carbocycles. The monoisotopic (exact) mass is 350 g/mol. The predicted molar refractivity (Wildman–Crippen MR) is 91.8 cm³/mol. The summed E-state index contributed by atoms with van der Waals surface area (Å²) in [4.78, 5) is 20.9. The van der Waals surface area contributed by atoms with Crippen LogP contribution >= 0.6 is 0 Å². The highest BCUT2D eigenvalue weighted by Crippen LogP contribution is 2.12. The van der Waals surface area contributed by atoms with E-state index in [1.807, 2.05) is 18.2 Å². The van der Waals surface area contributed by atoms with Crippen molar-refractivity contribution in [2.24, 2.45) is 10.9 Å². The molecule has 0 saturated heterocycles. The van der Waals surface area contributed by atoms with Gasteiger partial charge in [-0.2, -0.15) is 0 Å². The molecule has 9 heteroatoms. The van der Waals surface area contributed by atoms with Gasteiger partial charge in [0.25, 0.3) is 0 Å². The number of carbonyl (C=O) groups is 2. The first-order chi connectivity index (χ1) is 11.2. The normalized spacial score (nSPS) is 10.1. The number of hydrogen-bond donors (Lipinski definition) is 4. The fourth-order valence-corrected chi connectivity index (χ4v) is 2.11. The summed E-state index contributed by atoms with van der Waals surface area (Å²) in [5, 5.41) is 9.85. The van der Waals surface area contributed by atoms with Crippen LogP contribution in [0.25, 0.3) is 0 Å². The molecule has 6 N–H and O–H groups in total. The largest absolute Gasteiger partial charge is 0.351 e. The summed E-state index contributed by atoms with van der Waals surface area (Å²) in [6.07, 6.45) is 0. The summed E-state index contributed by atoms with van der Waals surface area (Å²) < 4.78 is 21.7. The number of hydrogen-bond acceptors (Lipinski definition) is 4. The number of rotatable bonds is 3. The van der Waals surface area contributed by atoms with Crippen molar-refractivity contribution in [2.75, 3.05) is 10.6 Å². The SMILES string of the molecule is CC(=O)Nc1ccc(S(N)(=O)=O)cc1.NC(=O)Nc1ccccc1. The summed E-state index contributed by atoms with van der Waals surface area (Å²) >= 11 is 0. The Morgan fingerprint density at radius 3 is 1.79 bits per heavy atom. The Kier molecular flexibility index (Phi) is 6.90. The summed E-state index contributed by atoms with van der Waals surface area (Å²) in [5.74, 6) is -0.214. The van der Waals surface area contributed by atoms with Gasteiger partial charge < -0.3 is 16.4 Å². The number of nitrogens with one attached hydrogen (secondary N) is 2. The molecule has 0 aliphatic heterocycles. The number of benzene rings is 2. The molecule has 128 valence electrons. The van der Waals surface area contributed by atoms with Crippen molar-refractivity contribution in [2.45, 2.75) is 11.8 Å². The van der Waals surface area contributed by atoms with Gasteiger partial charge in [-0.3, -0.25) is 4.79 Å². The van der Waals surface area contributed by atoms with Crippen molar-refractivity contribution < 1.29 is 18.0 Å². The maximum absolute atomic E-state index is 10.9. The second kappa shape index (κ2) is 8.65. The van der Waals surface area contributed by atoms with Crippen LogP contribution in [0.4, 0.5) is 16.2 Å². The van der Waals surface area contributed by atoms with Crippen LogP contribution in [0.1, 0.15) is 6.92 Å². The highest BCUT2D eigenvalue weighted by Gasteiger charge is 2.06. The average Bonchev–Trinajstić information content (AvgIpc) is 2.47. The molecule has 3 amide bonds. The Bertz CT molecular complexity index is 790. The van der Waals surface area contributed by atoms with Crippen LogP contribution in [0.15, 0.2) is 59.5 Å². The minimum absolute atomic E-state index is 0.0200. The number of anilines is 2. The van der Waals surface area contributed by atoms with Gasteiger partial charge in [-0.05, 0) is 36.4 Å². The Balaban J connectivity index is 0.000000254. The zero-order valence-electron chi connectivity index (χ0n) is 12.9. The van der Waals surface area contributed by atoms with Gasteiger partial charge in [-0.15, -0.1) is 0 Å². The van der Waals surface area contributed by atoms with Crippen LogP contribution in [-0.2, 0) is 14.8 Å². The van der Waals surface area contributed by atoms with E-state index in [2.05, 4.69) is 10.6 Å². The van der Waals surface area contributed by atoms with Crippen molar-refractivity contribution in [1.82, 2.24) is 0 Å². The first kappa shape index (κ1) is 19.1. The predicted octanol–water partition coefficient (Wildman–Crippen LogP) is 1.47. The van der Waals surface area contributed by atoms with Crippen LogP contribution in [0, 0.1) is 0 Å². The quantitative estimate of drug-likeness (QED) is 0.664. The third-order valence-electron chi connectivity index (χ3n) is 2.54. The standard InChI is InChI=1S/C8H10N2O3S.C7H8N2O/c1-6(11)10-7-2-4-8(5-3-7)14(9,12)13;8-7(10)9-6-4-2-1-3-5-6/h2-5H,1H3,(H,10,11)(H2,9,12,13);1-5H,(H3,8,9,10). The Labute approximate surface area is 139 Å². The van der Waals surface area contributed by atoms with Crippen LogP contribution in [-0.4, -0.2) is 20.4 Å². The van der Waals surface area contributed by atoms with Gasteiger partial charge in [-0.1, -0.05) is 18.2 Å². The summed E-state index contributed by atoms with van der Waals surface area (Å²) in [5.41, 5.74) is 6.12. The highest BCUT2D eigenvalue weighted by atomic mass is 32.2. The smallest absolute Gasteiger partial charge is 0.316 e. The first-order valence-electron chi connectivity index (χ1n) is 6.70. The number of primary sulfonamides is 1. The number of amides is 3. The van der Waals surface area contributed by atoms with Crippen molar-refractivity contribution in [1.29, 1.82) is 0 Å². The summed E-state index contributed by atoms with van der Waals surface area (Å²) in [6, 6.07) is 14.1. The molecule has 0 radical (unpaired) electrons. The van der Waals surface area contributed by atoms with E-state index in [4.69, 9.17) is 10.9 Å². The van der Waals surface area contributed by atoms with E-state index >= 15 is 0 Å². The van der Waals surface area contributed by atoms with Crippen molar-refractivity contribution in [3.63, 3.8) is 0 Å². The van der Waals surface area contributed by atoms with Crippen LogP contribution in [0.5, 0.6) is 0 Å². The minimum Gasteiger partial charge on any atom is -0.351 e. The van der Waals surface area contributed by atoms with Gasteiger partial charge in [0, 0.05) is 18.3 Å². The lowest BCUT2D eigenvalue weighted by atomic mass is 10.3. The van der Waals surface area contributed by atoms with Gasteiger partial charge >= 0.3 is 6.03 Å². The Morgan fingerprint density at radius 2 is 1.38 bits per heavy atom. The topological polar surface area (TPSA) is 144 Å². The average molecular weight is 350 g/mol. The number of primary amides is 1. The zero-order chi connectivity index (χ0) is 18.2. The van der Waals surface area contributed by atoms with Gasteiger partial charge in [0.1, 0.15) is 0 Å². The lowest BCUT2D eigenvalue weighted by Crippen LogP contribution is -2.18. The Hall–Kier alpha value is -2.91. The maximum Gasteiger partial charge on any atom is 0.316 e. The van der Waals surface area contributed by atoms with Crippen LogP contribution in [0.3, 0.4) is 0 Å². The molecule has 0 heterocycles. The molecule has 0 atom stereocenters. The second-order valence-corrected chi connectivity index (χ2v) is 6.17. The molecule has 8 nitrogen and oxygen atoms in total. The number of urea groups is 1. The number of nitrogens with two attached hydrogens (primary N) is 2. The lowest BCUT2D eigenvalue weighted by molar-refractivity contribution is -0.114. The van der Waals surface area contributed by atoms with Gasteiger partial charge in [0.15, 0.2) is 0 Å². The van der Waals surface area contributed by atoms with E-state index in [1.165, 1.54) is 31.2 Å². The van der Waals surface area contributed by atoms with Gasteiger partial charge in [-0.25, -0.2) is 18.4 Å². The minimum atomic E-state index is -3.66. The van der Waals surface area contributed by atoms with Crippen LogP contribution in [0.2, 0.25) is 0 Å². The molecule has 2 rings (SSSR count). The molecule has 2 aromatic carbocycles. The van der Waals surface area contributed by atoms with E-state index in [0.717, 1.165) is 5.69 Å². The number of carbonyl (C=O) groups excluding carboxylic acids is 2. The van der Waals surface area contributed by atoms with Crippen LogP contribution < -0.4 is 21.5 Å². The van der Waals surface area contributed by atoms with E-state index < -0.39 is 16.1 Å². The van der Waals surface area contributed by atoms with Crippen molar-refractivity contribution >= 4 is 33.3 Å². The molecule has 0 fully saturated rings. The maximum atomic E-state index is 10.9. The Morgan fingerprint density at radius 1 is 0.875 bits per heavy atom. The summed E-state index contributed by atoms with van der Waals surface area (Å²) in [7, 11) is -3.66. The lowest BCUT2D eigenvalue weighted by Gasteiger charge is -2.02. The molecular weight excluding hydrogens is 332 g/mol. The van der Waals surface area contributed by atoms with E-state index in [0.29, 0.717) is 5.69 Å². The molecule has 0 spiro atoms. The molecule has 2 aromatic rings. The summed E-state index contributed by atoms with van der Waals surface area (Å²) in [6.45, 7) is 1.37. The zero-order valence-corrected chi connectivity index (χ0v) is 13.7. The highest BCUT2D eigenvalue weighted by molar-refractivity contribution is 7.89. The van der Waals surface area contributed by atoms with Gasteiger partial charge in [0.2, 0.25) is 15.9 Å². The van der Waals surface area contributed by atoms with Crippen molar-refractivity contribution in [3.8, 4) is 0 Å². The number of sulfonamides is 1. The van der Waals surface area contributed by atoms with E-state index in [9.17, 15) is 18.0 Å².